The van der Waals surface area contributed by atoms with Crippen LogP contribution in [0.3, 0.4) is 0 Å². The monoisotopic (exact) mass is 488 g/mol. The number of hydrogen-bond donors (Lipinski definition) is 1. The summed E-state index contributed by atoms with van der Waals surface area (Å²) in [7, 11) is 1.59. The number of benzene rings is 2. The van der Waals surface area contributed by atoms with Gasteiger partial charge < -0.3 is 24.8 Å². The molecule has 3 atom stereocenters. The average Bonchev–Trinajstić information content (AvgIpc) is 3.56. The van der Waals surface area contributed by atoms with Crippen LogP contribution in [0.4, 0.5) is 0 Å². The van der Waals surface area contributed by atoms with E-state index in [1.807, 2.05) is 59.4 Å². The molecule has 2 N–H and O–H groups in total. The molecule has 2 fully saturated rings. The summed E-state index contributed by atoms with van der Waals surface area (Å²) in [6, 6.07) is 15.8. The van der Waals surface area contributed by atoms with Gasteiger partial charge in [-0.3, -0.25) is 14.4 Å². The maximum Gasteiger partial charge on any atom is 0.265 e. The van der Waals surface area contributed by atoms with E-state index in [1.54, 1.807) is 37.4 Å². The molecule has 0 unspecified atom stereocenters. The zero-order valence-electron chi connectivity index (χ0n) is 21.1. The lowest BCUT2D eigenvalue weighted by Crippen LogP contribution is -2.53. The number of likely N-dealkylation sites (tertiary alicyclic amines) is 2. The van der Waals surface area contributed by atoms with Crippen molar-refractivity contribution in [2.75, 3.05) is 20.2 Å². The number of carbonyl (C=O) groups is 3. The molecule has 3 heterocycles. The van der Waals surface area contributed by atoms with Gasteiger partial charge in [0.05, 0.1) is 19.2 Å². The predicted molar refractivity (Wildman–Crippen MR) is 137 cm³/mol. The largest absolute Gasteiger partial charge is 0.497 e. The summed E-state index contributed by atoms with van der Waals surface area (Å²) in [5.74, 6) is 0.0623. The van der Waals surface area contributed by atoms with E-state index < -0.39 is 17.4 Å². The quantitative estimate of drug-likeness (QED) is 0.595. The molecule has 1 aromatic heterocycles. The zero-order valence-corrected chi connectivity index (χ0v) is 21.1. The van der Waals surface area contributed by atoms with Gasteiger partial charge in [0.25, 0.3) is 11.8 Å². The van der Waals surface area contributed by atoms with Crippen LogP contribution in [0.25, 0.3) is 10.9 Å². The van der Waals surface area contributed by atoms with Gasteiger partial charge in [0.15, 0.2) is 0 Å². The van der Waals surface area contributed by atoms with Crippen molar-refractivity contribution < 1.29 is 19.1 Å². The Balaban J connectivity index is 1.43. The fourth-order valence-corrected chi connectivity index (χ4v) is 5.75. The number of aromatic nitrogens is 1. The molecule has 5 rings (SSSR count). The lowest BCUT2D eigenvalue weighted by Gasteiger charge is -2.40. The highest BCUT2D eigenvalue weighted by Crippen LogP contribution is 2.40. The number of nitrogens with zero attached hydrogens (tertiary/aromatic N) is 3. The van der Waals surface area contributed by atoms with E-state index >= 15 is 0 Å². The van der Waals surface area contributed by atoms with Gasteiger partial charge in [-0.1, -0.05) is 39.0 Å². The van der Waals surface area contributed by atoms with Crippen molar-refractivity contribution in [3.8, 4) is 5.75 Å². The fraction of sp³-hybridized carbons (Fsp3) is 0.393. The number of rotatable bonds is 5. The van der Waals surface area contributed by atoms with E-state index in [1.165, 1.54) is 0 Å². The van der Waals surface area contributed by atoms with Crippen LogP contribution >= 0.6 is 0 Å². The Morgan fingerprint density at radius 1 is 0.972 bits per heavy atom. The Morgan fingerprint density at radius 3 is 2.19 bits per heavy atom. The number of nitrogens with two attached hydrogens (primary N) is 1. The lowest BCUT2D eigenvalue weighted by atomic mass is 9.85. The summed E-state index contributed by atoms with van der Waals surface area (Å²) in [4.78, 5) is 43.5. The first-order valence-electron chi connectivity index (χ1n) is 12.3. The van der Waals surface area contributed by atoms with E-state index in [2.05, 4.69) is 0 Å². The molecule has 2 bridgehead atoms. The van der Waals surface area contributed by atoms with E-state index in [0.29, 0.717) is 30.1 Å². The summed E-state index contributed by atoms with van der Waals surface area (Å²) >= 11 is 0. The van der Waals surface area contributed by atoms with Crippen LogP contribution in [-0.2, 0) is 4.79 Å². The standard InChI is InChI=1S/C28H32N4O4/c1-28(2,3)24(32-22-8-6-5-7-18(22)13-23(32)25(29)33)27(35)31-16-19-14-20(31)15-30(19)26(34)17-9-11-21(36-4)12-10-17/h5-13,19-20,24H,14-16H2,1-4H3,(H2,29,33)/t19-,20-,24+/m0/s1. The van der Waals surface area contributed by atoms with Crippen molar-refractivity contribution >= 4 is 28.6 Å². The molecule has 2 aliphatic heterocycles. The van der Waals surface area contributed by atoms with Gasteiger partial charge >= 0.3 is 0 Å². The average molecular weight is 489 g/mol. The molecule has 3 amide bonds. The molecular formula is C28H32N4O4. The minimum Gasteiger partial charge on any atom is -0.497 e. The minimum absolute atomic E-state index is 0.0305. The number of hydrogen-bond acceptors (Lipinski definition) is 4. The molecule has 36 heavy (non-hydrogen) atoms. The summed E-state index contributed by atoms with van der Waals surface area (Å²) < 4.78 is 7.01. The molecule has 188 valence electrons. The SMILES string of the molecule is COc1ccc(C(=O)N2C[C@@H]3C[C@H]2CN3C(=O)[C@@H](n2c(C(N)=O)cc3ccccc32)C(C)(C)C)cc1. The molecule has 2 saturated heterocycles. The molecule has 2 aromatic carbocycles. The van der Waals surface area contributed by atoms with Crippen molar-refractivity contribution in [2.45, 2.75) is 45.3 Å². The molecule has 8 heteroatoms. The molecular weight excluding hydrogens is 456 g/mol. The lowest BCUT2D eigenvalue weighted by molar-refractivity contribution is -0.140. The Kier molecular flexibility index (Phi) is 5.77. The van der Waals surface area contributed by atoms with Crippen molar-refractivity contribution in [3.05, 3.63) is 65.9 Å². The Bertz CT molecular complexity index is 1340. The third kappa shape index (κ3) is 3.90. The third-order valence-corrected chi connectivity index (χ3v) is 7.43. The number of para-hydroxylation sites is 1. The summed E-state index contributed by atoms with van der Waals surface area (Å²) in [5.41, 5.74) is 7.02. The molecule has 0 saturated carbocycles. The van der Waals surface area contributed by atoms with Crippen molar-refractivity contribution in [1.29, 1.82) is 0 Å². The number of fused-ring (bicyclic) bond motifs is 3. The van der Waals surface area contributed by atoms with Crippen LogP contribution < -0.4 is 10.5 Å². The first-order chi connectivity index (χ1) is 17.1. The number of amides is 3. The third-order valence-electron chi connectivity index (χ3n) is 7.43. The fourth-order valence-electron chi connectivity index (χ4n) is 5.75. The van der Waals surface area contributed by atoms with Crippen molar-refractivity contribution in [1.82, 2.24) is 14.4 Å². The van der Waals surface area contributed by atoms with Crippen LogP contribution in [0.5, 0.6) is 5.75 Å². The summed E-state index contributed by atoms with van der Waals surface area (Å²) in [6.45, 7) is 6.98. The number of primary amides is 1. The van der Waals surface area contributed by atoms with E-state index in [9.17, 15) is 14.4 Å². The van der Waals surface area contributed by atoms with E-state index in [-0.39, 0.29) is 23.9 Å². The van der Waals surface area contributed by atoms with Crippen LogP contribution in [0.15, 0.2) is 54.6 Å². The molecule has 8 nitrogen and oxygen atoms in total. The van der Waals surface area contributed by atoms with E-state index in [4.69, 9.17) is 10.5 Å². The van der Waals surface area contributed by atoms with Gasteiger partial charge in [-0.2, -0.15) is 0 Å². The second kappa shape index (κ2) is 8.69. The topological polar surface area (TPSA) is 97.9 Å². The normalized spacial score (nSPS) is 20.1. The molecule has 0 aliphatic carbocycles. The summed E-state index contributed by atoms with van der Waals surface area (Å²) in [5, 5.41) is 0.868. The molecule has 3 aromatic rings. The highest BCUT2D eigenvalue weighted by Gasteiger charge is 2.50. The number of piperazine rings is 1. The highest BCUT2D eigenvalue weighted by molar-refractivity contribution is 5.99. The van der Waals surface area contributed by atoms with Crippen LogP contribution in [-0.4, -0.2) is 64.4 Å². The Hall–Kier alpha value is -3.81. The Morgan fingerprint density at radius 2 is 1.61 bits per heavy atom. The van der Waals surface area contributed by atoms with Crippen LogP contribution in [0.2, 0.25) is 0 Å². The molecule has 0 spiro atoms. The second-order valence-corrected chi connectivity index (χ2v) is 10.8. The van der Waals surface area contributed by atoms with Gasteiger partial charge in [-0.05, 0) is 48.2 Å². The van der Waals surface area contributed by atoms with Gasteiger partial charge in [-0.15, -0.1) is 0 Å². The second-order valence-electron chi connectivity index (χ2n) is 10.8. The first-order valence-corrected chi connectivity index (χ1v) is 12.3. The number of ether oxygens (including phenoxy) is 1. The number of carbonyl (C=O) groups excluding carboxylic acids is 3. The number of methoxy groups -OCH3 is 1. The summed E-state index contributed by atoms with van der Waals surface area (Å²) in [6.07, 6.45) is 0.750. The van der Waals surface area contributed by atoms with E-state index in [0.717, 1.165) is 17.3 Å². The maximum absolute atomic E-state index is 14.2. The van der Waals surface area contributed by atoms with Crippen molar-refractivity contribution in [2.24, 2.45) is 11.1 Å². The minimum atomic E-state index is -0.620. The van der Waals surface area contributed by atoms with Crippen LogP contribution in [0, 0.1) is 5.41 Å². The Labute approximate surface area is 210 Å². The van der Waals surface area contributed by atoms with Gasteiger partial charge in [0.2, 0.25) is 5.91 Å². The highest BCUT2D eigenvalue weighted by atomic mass is 16.5. The van der Waals surface area contributed by atoms with Crippen LogP contribution in [0.1, 0.15) is 54.1 Å². The van der Waals surface area contributed by atoms with Gasteiger partial charge in [-0.25, -0.2) is 0 Å². The maximum atomic E-state index is 14.2. The van der Waals surface area contributed by atoms with Gasteiger partial charge in [0.1, 0.15) is 17.5 Å². The molecule has 2 aliphatic rings. The molecule has 0 radical (unpaired) electrons. The predicted octanol–water partition coefficient (Wildman–Crippen LogP) is 3.46. The smallest absolute Gasteiger partial charge is 0.265 e. The zero-order chi connectivity index (χ0) is 25.8. The first kappa shape index (κ1) is 23.9. The van der Waals surface area contributed by atoms with Crippen molar-refractivity contribution in [3.63, 3.8) is 0 Å². The van der Waals surface area contributed by atoms with Gasteiger partial charge in [0, 0.05) is 29.6 Å².